The number of hydrogen-bond donors (Lipinski definition) is 0. The van der Waals surface area contributed by atoms with Gasteiger partial charge >= 0.3 is 0 Å². The van der Waals surface area contributed by atoms with Crippen LogP contribution in [0.1, 0.15) is 89.4 Å². The molecule has 0 aliphatic carbocycles. The lowest BCUT2D eigenvalue weighted by Gasteiger charge is -2.11. The SMILES string of the molecule is Cc1nsc(C)c1C(C)Cc1csc(C(C)CCc2csc(C(C)C)n2)n1. The molecule has 27 heavy (non-hydrogen) atoms. The van der Waals surface area contributed by atoms with Gasteiger partial charge in [-0.25, -0.2) is 9.97 Å². The molecule has 2 unspecified atom stereocenters. The summed E-state index contributed by atoms with van der Waals surface area (Å²) in [7, 11) is 0. The van der Waals surface area contributed by atoms with E-state index in [4.69, 9.17) is 9.97 Å². The second-order valence-corrected chi connectivity index (χ2v) is 10.5. The summed E-state index contributed by atoms with van der Waals surface area (Å²) in [5.74, 6) is 1.48. The van der Waals surface area contributed by atoms with Gasteiger partial charge in [0.05, 0.1) is 27.1 Å². The van der Waals surface area contributed by atoms with E-state index in [1.165, 1.54) is 37.5 Å². The molecule has 0 aliphatic heterocycles. The van der Waals surface area contributed by atoms with Crippen molar-refractivity contribution in [3.8, 4) is 0 Å². The highest BCUT2D eigenvalue weighted by atomic mass is 32.1. The zero-order valence-corrected chi connectivity index (χ0v) is 19.5. The summed E-state index contributed by atoms with van der Waals surface area (Å²) in [4.78, 5) is 11.1. The van der Waals surface area contributed by atoms with Crippen LogP contribution in [0, 0.1) is 13.8 Å². The van der Waals surface area contributed by atoms with E-state index in [2.05, 4.69) is 56.7 Å². The van der Waals surface area contributed by atoms with Crippen LogP contribution in [0.4, 0.5) is 0 Å². The molecule has 6 heteroatoms. The first-order valence-corrected chi connectivity index (χ1v) is 12.2. The van der Waals surface area contributed by atoms with Crippen molar-refractivity contribution < 1.29 is 0 Å². The van der Waals surface area contributed by atoms with E-state index < -0.39 is 0 Å². The summed E-state index contributed by atoms with van der Waals surface area (Å²) in [6.45, 7) is 13.3. The van der Waals surface area contributed by atoms with Crippen LogP contribution in [0.25, 0.3) is 0 Å². The summed E-state index contributed by atoms with van der Waals surface area (Å²) in [6.07, 6.45) is 3.14. The average molecular weight is 420 g/mol. The molecule has 3 aromatic heterocycles. The number of hydrogen-bond acceptors (Lipinski definition) is 6. The maximum absolute atomic E-state index is 4.95. The maximum atomic E-state index is 4.95. The minimum Gasteiger partial charge on any atom is -0.246 e. The molecule has 3 aromatic rings. The molecule has 0 N–H and O–H groups in total. The number of aromatic nitrogens is 3. The summed E-state index contributed by atoms with van der Waals surface area (Å²) < 4.78 is 4.50. The van der Waals surface area contributed by atoms with Crippen molar-refractivity contribution in [3.63, 3.8) is 0 Å². The minimum absolute atomic E-state index is 0.471. The zero-order valence-electron chi connectivity index (χ0n) is 17.1. The fourth-order valence-corrected chi connectivity index (χ4v) is 6.06. The fourth-order valence-electron chi connectivity index (χ4n) is 3.44. The smallest absolute Gasteiger partial charge is 0.0956 e. The highest BCUT2D eigenvalue weighted by molar-refractivity contribution is 7.10. The van der Waals surface area contributed by atoms with Crippen LogP contribution >= 0.6 is 34.2 Å². The molecule has 0 amide bonds. The second kappa shape index (κ2) is 8.93. The molecule has 0 aromatic carbocycles. The van der Waals surface area contributed by atoms with Crippen LogP contribution in [0.5, 0.6) is 0 Å². The molecule has 3 heterocycles. The van der Waals surface area contributed by atoms with Crippen LogP contribution in [-0.4, -0.2) is 14.3 Å². The maximum Gasteiger partial charge on any atom is 0.0956 e. The second-order valence-electron chi connectivity index (χ2n) is 7.79. The predicted octanol–water partition coefficient (Wildman–Crippen LogP) is 6.88. The van der Waals surface area contributed by atoms with E-state index in [-0.39, 0.29) is 0 Å². The largest absolute Gasteiger partial charge is 0.246 e. The van der Waals surface area contributed by atoms with Gasteiger partial charge in [-0.1, -0.05) is 27.7 Å². The highest BCUT2D eigenvalue weighted by Gasteiger charge is 2.18. The van der Waals surface area contributed by atoms with E-state index in [1.54, 1.807) is 22.9 Å². The fraction of sp³-hybridized carbons (Fsp3) is 0.571. The molecule has 2 atom stereocenters. The summed E-state index contributed by atoms with van der Waals surface area (Å²) >= 11 is 5.21. The standard InChI is InChI=1S/C21H29N3S3/c1-12(2)20-22-17(10-25-20)8-7-13(3)21-23-18(11-26-21)9-14(4)19-15(5)24-27-16(19)6/h10-14H,7-9H2,1-6H3. The molecule has 0 radical (unpaired) electrons. The summed E-state index contributed by atoms with van der Waals surface area (Å²) in [5.41, 5.74) is 5.04. The first-order valence-electron chi connectivity index (χ1n) is 9.66. The molecule has 0 fully saturated rings. The molecule has 146 valence electrons. The lowest BCUT2D eigenvalue weighted by molar-refractivity contribution is 0.658. The van der Waals surface area contributed by atoms with E-state index in [1.807, 2.05) is 11.3 Å². The van der Waals surface area contributed by atoms with Gasteiger partial charge < -0.3 is 0 Å². The van der Waals surface area contributed by atoms with Crippen molar-refractivity contribution in [2.24, 2.45) is 0 Å². The first-order chi connectivity index (χ1) is 12.8. The Morgan fingerprint density at radius 3 is 2.19 bits per heavy atom. The van der Waals surface area contributed by atoms with Gasteiger partial charge in [-0.15, -0.1) is 22.7 Å². The Hall–Kier alpha value is -1.11. The first kappa shape index (κ1) is 20.6. The van der Waals surface area contributed by atoms with Gasteiger partial charge in [-0.3, -0.25) is 0 Å². The predicted molar refractivity (Wildman–Crippen MR) is 119 cm³/mol. The third-order valence-electron chi connectivity index (χ3n) is 4.98. The van der Waals surface area contributed by atoms with Crippen molar-refractivity contribution in [1.82, 2.24) is 14.3 Å². The average Bonchev–Trinajstić information content (AvgIpc) is 3.33. The summed E-state index contributed by atoms with van der Waals surface area (Å²) in [5, 5.41) is 6.97. The van der Waals surface area contributed by atoms with Gasteiger partial charge in [0.2, 0.25) is 0 Å². The molecule has 0 bridgehead atoms. The lowest BCUT2D eigenvalue weighted by Crippen LogP contribution is -2.02. The van der Waals surface area contributed by atoms with Crippen LogP contribution in [0.3, 0.4) is 0 Å². The molecule has 0 aliphatic rings. The van der Waals surface area contributed by atoms with Crippen LogP contribution in [0.2, 0.25) is 0 Å². The van der Waals surface area contributed by atoms with Crippen LogP contribution in [0.15, 0.2) is 10.8 Å². The summed E-state index contributed by atoms with van der Waals surface area (Å²) in [6, 6.07) is 0. The topological polar surface area (TPSA) is 38.7 Å². The minimum atomic E-state index is 0.471. The molecule has 0 saturated carbocycles. The number of thiazole rings is 2. The van der Waals surface area contributed by atoms with Crippen molar-refractivity contribution >= 4 is 34.2 Å². The van der Waals surface area contributed by atoms with E-state index in [9.17, 15) is 0 Å². The Kier molecular flexibility index (Phi) is 6.82. The molecule has 3 nitrogen and oxygen atoms in total. The van der Waals surface area contributed by atoms with Crippen molar-refractivity contribution in [2.75, 3.05) is 0 Å². The van der Waals surface area contributed by atoms with Gasteiger partial charge in [0.15, 0.2) is 0 Å². The van der Waals surface area contributed by atoms with Gasteiger partial charge in [0.25, 0.3) is 0 Å². The van der Waals surface area contributed by atoms with Crippen molar-refractivity contribution in [1.29, 1.82) is 0 Å². The molecular weight excluding hydrogens is 390 g/mol. The quantitative estimate of drug-likeness (QED) is 0.399. The Labute approximate surface area is 175 Å². The van der Waals surface area contributed by atoms with Gasteiger partial charge in [0, 0.05) is 27.5 Å². The van der Waals surface area contributed by atoms with Crippen LogP contribution in [-0.2, 0) is 12.8 Å². The Balaban J connectivity index is 1.57. The Morgan fingerprint density at radius 2 is 1.56 bits per heavy atom. The number of nitrogens with zero attached hydrogens (tertiary/aromatic N) is 3. The Bertz CT molecular complexity index is 856. The van der Waals surface area contributed by atoms with E-state index in [0.717, 1.165) is 19.3 Å². The molecule has 0 spiro atoms. The third-order valence-corrected chi connectivity index (χ3v) is 8.16. The highest BCUT2D eigenvalue weighted by Crippen LogP contribution is 2.31. The zero-order chi connectivity index (χ0) is 19.6. The van der Waals surface area contributed by atoms with Gasteiger partial charge in [0.1, 0.15) is 0 Å². The Morgan fingerprint density at radius 1 is 0.889 bits per heavy atom. The van der Waals surface area contributed by atoms with Crippen LogP contribution < -0.4 is 0 Å². The lowest BCUT2D eigenvalue weighted by atomic mass is 9.95. The molecular formula is C21H29N3S3. The van der Waals surface area contributed by atoms with Crippen molar-refractivity contribution in [2.45, 2.75) is 78.6 Å². The third kappa shape index (κ3) is 5.04. The molecule has 0 saturated heterocycles. The normalized spacial score (nSPS) is 14.0. The molecule has 3 rings (SSSR count). The van der Waals surface area contributed by atoms with E-state index >= 15 is 0 Å². The van der Waals surface area contributed by atoms with Crippen molar-refractivity contribution in [3.05, 3.63) is 48.3 Å². The monoisotopic (exact) mass is 419 g/mol. The number of aryl methyl sites for hydroxylation is 3. The van der Waals surface area contributed by atoms with E-state index in [0.29, 0.717) is 17.8 Å². The number of rotatable bonds is 8. The van der Waals surface area contributed by atoms with Gasteiger partial charge in [-0.05, 0) is 56.1 Å². The van der Waals surface area contributed by atoms with Gasteiger partial charge in [-0.2, -0.15) is 4.37 Å².